The predicted molar refractivity (Wildman–Crippen MR) is 73.1 cm³/mol. The van der Waals surface area contributed by atoms with Gasteiger partial charge in [0, 0.05) is 18.9 Å². The fraction of sp³-hybridized carbons (Fsp3) is 0.417. The van der Waals surface area contributed by atoms with E-state index in [0.29, 0.717) is 12.4 Å². The highest BCUT2D eigenvalue weighted by atomic mass is 79.9. The minimum Gasteiger partial charge on any atom is -0.311 e. The SMILES string of the molecule is CCCn1ccnc(-n2nc(C)c(Br)c2C)c1=O. The largest absolute Gasteiger partial charge is 0.311 e. The molecular formula is C12H15BrN4O. The van der Waals surface area contributed by atoms with Gasteiger partial charge in [-0.05, 0) is 36.2 Å². The molecule has 0 unspecified atom stereocenters. The van der Waals surface area contributed by atoms with E-state index in [4.69, 9.17) is 0 Å². The Morgan fingerprint density at radius 3 is 2.67 bits per heavy atom. The van der Waals surface area contributed by atoms with Gasteiger partial charge in [-0.15, -0.1) is 0 Å². The molecular weight excluding hydrogens is 296 g/mol. The second kappa shape index (κ2) is 5.06. The Hall–Kier alpha value is -1.43. The maximum absolute atomic E-state index is 12.3. The second-order valence-electron chi connectivity index (χ2n) is 4.15. The first-order valence-electron chi connectivity index (χ1n) is 5.83. The molecule has 0 fully saturated rings. The molecule has 0 aliphatic heterocycles. The fourth-order valence-corrected chi connectivity index (χ4v) is 2.08. The van der Waals surface area contributed by atoms with Crippen molar-refractivity contribution in [1.29, 1.82) is 0 Å². The number of hydrogen-bond donors (Lipinski definition) is 0. The van der Waals surface area contributed by atoms with Crippen molar-refractivity contribution in [2.24, 2.45) is 0 Å². The normalized spacial score (nSPS) is 10.9. The summed E-state index contributed by atoms with van der Waals surface area (Å²) in [6.07, 6.45) is 4.25. The van der Waals surface area contributed by atoms with Crippen LogP contribution in [0.25, 0.3) is 5.82 Å². The Morgan fingerprint density at radius 1 is 1.39 bits per heavy atom. The molecule has 2 rings (SSSR count). The highest BCUT2D eigenvalue weighted by Gasteiger charge is 2.14. The van der Waals surface area contributed by atoms with Gasteiger partial charge < -0.3 is 4.57 Å². The third-order valence-corrected chi connectivity index (χ3v) is 3.91. The first kappa shape index (κ1) is 13.0. The van der Waals surface area contributed by atoms with Gasteiger partial charge in [-0.3, -0.25) is 4.79 Å². The summed E-state index contributed by atoms with van der Waals surface area (Å²) in [6, 6.07) is 0. The maximum atomic E-state index is 12.3. The molecule has 0 aliphatic carbocycles. The lowest BCUT2D eigenvalue weighted by Gasteiger charge is -2.07. The van der Waals surface area contributed by atoms with Crippen LogP contribution in [0.2, 0.25) is 0 Å². The molecule has 0 radical (unpaired) electrons. The van der Waals surface area contributed by atoms with Crippen molar-refractivity contribution in [3.8, 4) is 5.82 Å². The van der Waals surface area contributed by atoms with E-state index < -0.39 is 0 Å². The standard InChI is InChI=1S/C12H15BrN4O/c1-4-6-16-7-5-14-11(12(16)18)17-9(3)10(13)8(2)15-17/h5,7H,4,6H2,1-3H3. The Balaban J connectivity index is 2.61. The van der Waals surface area contributed by atoms with Crippen molar-refractivity contribution >= 4 is 15.9 Å². The van der Waals surface area contributed by atoms with Gasteiger partial charge in [0.1, 0.15) is 0 Å². The van der Waals surface area contributed by atoms with Crippen molar-refractivity contribution < 1.29 is 0 Å². The molecule has 0 saturated carbocycles. The number of rotatable bonds is 3. The van der Waals surface area contributed by atoms with Gasteiger partial charge in [0.2, 0.25) is 5.82 Å². The molecule has 0 amide bonds. The van der Waals surface area contributed by atoms with Gasteiger partial charge in [-0.25, -0.2) is 9.67 Å². The van der Waals surface area contributed by atoms with E-state index in [1.54, 1.807) is 21.6 Å². The van der Waals surface area contributed by atoms with Gasteiger partial charge in [0.25, 0.3) is 5.56 Å². The van der Waals surface area contributed by atoms with Gasteiger partial charge in [-0.2, -0.15) is 5.10 Å². The molecule has 96 valence electrons. The van der Waals surface area contributed by atoms with Crippen LogP contribution in [-0.4, -0.2) is 19.3 Å². The van der Waals surface area contributed by atoms with E-state index in [2.05, 4.69) is 26.0 Å². The molecule has 0 aliphatic rings. The zero-order chi connectivity index (χ0) is 13.3. The van der Waals surface area contributed by atoms with E-state index in [0.717, 1.165) is 22.3 Å². The molecule has 2 heterocycles. The number of aryl methyl sites for hydroxylation is 2. The molecule has 2 aromatic rings. The molecule has 0 N–H and O–H groups in total. The third kappa shape index (κ3) is 2.12. The predicted octanol–water partition coefficient (Wildman–Crippen LogP) is 2.22. The average Bonchev–Trinajstić information content (AvgIpc) is 2.60. The minimum absolute atomic E-state index is 0.113. The van der Waals surface area contributed by atoms with Gasteiger partial charge in [-0.1, -0.05) is 6.92 Å². The molecule has 0 aromatic carbocycles. The van der Waals surface area contributed by atoms with Crippen LogP contribution in [0.1, 0.15) is 24.7 Å². The van der Waals surface area contributed by atoms with E-state index in [-0.39, 0.29) is 5.56 Å². The van der Waals surface area contributed by atoms with Crippen LogP contribution in [0.3, 0.4) is 0 Å². The smallest absolute Gasteiger partial charge is 0.295 e. The molecule has 2 aromatic heterocycles. The Kier molecular flexibility index (Phi) is 3.65. The minimum atomic E-state index is -0.113. The summed E-state index contributed by atoms with van der Waals surface area (Å²) in [5.41, 5.74) is 1.61. The summed E-state index contributed by atoms with van der Waals surface area (Å²) in [5, 5.41) is 4.34. The van der Waals surface area contributed by atoms with Crippen molar-refractivity contribution in [2.45, 2.75) is 33.7 Å². The Morgan fingerprint density at radius 2 is 2.11 bits per heavy atom. The third-order valence-electron chi connectivity index (χ3n) is 2.76. The lowest BCUT2D eigenvalue weighted by Crippen LogP contribution is -2.26. The lowest BCUT2D eigenvalue weighted by molar-refractivity contribution is 0.634. The van der Waals surface area contributed by atoms with Crippen LogP contribution >= 0.6 is 15.9 Å². The first-order valence-corrected chi connectivity index (χ1v) is 6.63. The van der Waals surface area contributed by atoms with Gasteiger partial charge >= 0.3 is 0 Å². The number of nitrogens with zero attached hydrogens (tertiary/aromatic N) is 4. The van der Waals surface area contributed by atoms with Crippen molar-refractivity contribution in [2.75, 3.05) is 0 Å². The number of hydrogen-bond acceptors (Lipinski definition) is 3. The Labute approximate surface area is 114 Å². The van der Waals surface area contributed by atoms with E-state index in [1.807, 2.05) is 20.8 Å². The van der Waals surface area contributed by atoms with Crippen molar-refractivity contribution in [3.63, 3.8) is 0 Å². The highest BCUT2D eigenvalue weighted by Crippen LogP contribution is 2.20. The summed E-state index contributed by atoms with van der Waals surface area (Å²) < 4.78 is 4.16. The van der Waals surface area contributed by atoms with Crippen LogP contribution in [0.5, 0.6) is 0 Å². The quantitative estimate of drug-likeness (QED) is 0.873. The molecule has 6 heteroatoms. The lowest BCUT2D eigenvalue weighted by atomic mass is 10.4. The number of halogens is 1. The van der Waals surface area contributed by atoms with E-state index in [9.17, 15) is 4.79 Å². The monoisotopic (exact) mass is 310 g/mol. The molecule has 0 spiro atoms. The zero-order valence-corrected chi connectivity index (χ0v) is 12.2. The van der Waals surface area contributed by atoms with Gasteiger partial charge in [0.05, 0.1) is 15.9 Å². The molecule has 0 bridgehead atoms. The molecule has 18 heavy (non-hydrogen) atoms. The highest BCUT2D eigenvalue weighted by molar-refractivity contribution is 9.10. The molecule has 5 nitrogen and oxygen atoms in total. The zero-order valence-electron chi connectivity index (χ0n) is 10.6. The summed E-state index contributed by atoms with van der Waals surface area (Å²) in [4.78, 5) is 16.4. The van der Waals surface area contributed by atoms with Crippen molar-refractivity contribution in [1.82, 2.24) is 19.3 Å². The van der Waals surface area contributed by atoms with E-state index in [1.165, 1.54) is 0 Å². The summed E-state index contributed by atoms with van der Waals surface area (Å²) in [7, 11) is 0. The van der Waals surface area contributed by atoms with Crippen LogP contribution < -0.4 is 5.56 Å². The average molecular weight is 311 g/mol. The van der Waals surface area contributed by atoms with Crippen LogP contribution in [-0.2, 0) is 6.54 Å². The van der Waals surface area contributed by atoms with Gasteiger partial charge in [0.15, 0.2) is 0 Å². The summed E-state index contributed by atoms with van der Waals surface area (Å²) in [6.45, 7) is 6.52. The molecule has 0 atom stereocenters. The van der Waals surface area contributed by atoms with Crippen LogP contribution in [0.15, 0.2) is 21.7 Å². The second-order valence-corrected chi connectivity index (χ2v) is 4.94. The number of aromatic nitrogens is 4. The fourth-order valence-electron chi connectivity index (χ4n) is 1.83. The first-order chi connectivity index (χ1) is 8.56. The van der Waals surface area contributed by atoms with E-state index >= 15 is 0 Å². The van der Waals surface area contributed by atoms with Crippen molar-refractivity contribution in [3.05, 3.63) is 38.6 Å². The summed E-state index contributed by atoms with van der Waals surface area (Å²) >= 11 is 3.45. The maximum Gasteiger partial charge on any atom is 0.295 e. The van der Waals surface area contributed by atoms with Crippen LogP contribution in [0, 0.1) is 13.8 Å². The molecule has 0 saturated heterocycles. The summed E-state index contributed by atoms with van der Waals surface area (Å²) in [5.74, 6) is 0.345. The Bertz CT molecular complexity index is 629. The topological polar surface area (TPSA) is 52.7 Å². The van der Waals surface area contributed by atoms with Crippen LogP contribution in [0.4, 0.5) is 0 Å².